The van der Waals surface area contributed by atoms with E-state index in [0.29, 0.717) is 5.56 Å². The Labute approximate surface area is 117 Å². The van der Waals surface area contributed by atoms with Gasteiger partial charge in [0, 0.05) is 11.0 Å². The molecule has 3 nitrogen and oxygen atoms in total. The minimum Gasteiger partial charge on any atom is -0.478 e. The summed E-state index contributed by atoms with van der Waals surface area (Å²) in [6.07, 6.45) is 5.00. The Morgan fingerprint density at radius 1 is 1.33 bits per heavy atom. The number of aromatic carboxylic acids is 1. The number of hydrogen-bond donors (Lipinski definition) is 2. The second-order valence-electron chi connectivity index (χ2n) is 4.35. The number of nitrogens with one attached hydrogen (secondary N) is 1. The fraction of sp³-hybridized carbons (Fsp3) is 0.500. The van der Waals surface area contributed by atoms with Crippen LogP contribution in [-0.2, 0) is 6.54 Å². The van der Waals surface area contributed by atoms with Crippen LogP contribution in [0.25, 0.3) is 0 Å². The van der Waals surface area contributed by atoms with Gasteiger partial charge < -0.3 is 10.4 Å². The summed E-state index contributed by atoms with van der Waals surface area (Å²) in [4.78, 5) is 10.8. The van der Waals surface area contributed by atoms with Crippen LogP contribution < -0.4 is 5.32 Å². The van der Waals surface area contributed by atoms with E-state index < -0.39 is 5.97 Å². The van der Waals surface area contributed by atoms with Crippen molar-refractivity contribution in [2.45, 2.75) is 39.2 Å². The highest BCUT2D eigenvalue weighted by molar-refractivity contribution is 9.10. The Morgan fingerprint density at radius 2 is 2.11 bits per heavy atom. The summed E-state index contributed by atoms with van der Waals surface area (Å²) in [6.45, 7) is 3.98. The van der Waals surface area contributed by atoms with Crippen LogP contribution in [0.15, 0.2) is 22.7 Å². The highest BCUT2D eigenvalue weighted by atomic mass is 79.9. The van der Waals surface area contributed by atoms with E-state index in [9.17, 15) is 4.79 Å². The number of benzene rings is 1. The van der Waals surface area contributed by atoms with Crippen LogP contribution in [0, 0.1) is 0 Å². The van der Waals surface area contributed by atoms with Gasteiger partial charge >= 0.3 is 5.97 Å². The van der Waals surface area contributed by atoms with Crippen molar-refractivity contribution in [2.75, 3.05) is 6.54 Å². The van der Waals surface area contributed by atoms with Crippen molar-refractivity contribution in [3.05, 3.63) is 33.8 Å². The average Bonchev–Trinajstić information content (AvgIpc) is 2.35. The molecule has 0 amide bonds. The topological polar surface area (TPSA) is 49.3 Å². The number of hydrogen-bond acceptors (Lipinski definition) is 2. The predicted octanol–water partition coefficient (Wildman–Crippen LogP) is 3.82. The average molecular weight is 314 g/mol. The van der Waals surface area contributed by atoms with E-state index >= 15 is 0 Å². The van der Waals surface area contributed by atoms with Crippen LogP contribution in [0.3, 0.4) is 0 Å². The lowest BCUT2D eigenvalue weighted by Gasteiger charge is -2.07. The number of carbonyl (C=O) groups is 1. The van der Waals surface area contributed by atoms with E-state index in [0.717, 1.165) is 23.1 Å². The molecule has 0 unspecified atom stereocenters. The first-order chi connectivity index (χ1) is 8.65. The molecule has 1 rings (SSSR count). The van der Waals surface area contributed by atoms with Gasteiger partial charge in [-0.05, 0) is 30.7 Å². The second kappa shape index (κ2) is 8.27. The summed E-state index contributed by atoms with van der Waals surface area (Å²) < 4.78 is 0.850. The first kappa shape index (κ1) is 15.2. The van der Waals surface area contributed by atoms with Crippen LogP contribution in [0.5, 0.6) is 0 Å². The van der Waals surface area contributed by atoms with Crippen LogP contribution in [0.4, 0.5) is 0 Å². The SMILES string of the molecule is CCCCCCNCc1ccc(C(=O)O)cc1Br. The minimum atomic E-state index is -0.894. The Balaban J connectivity index is 2.36. The second-order valence-corrected chi connectivity index (χ2v) is 5.20. The van der Waals surface area contributed by atoms with Crippen molar-refractivity contribution in [3.63, 3.8) is 0 Å². The molecule has 1 aromatic carbocycles. The summed E-state index contributed by atoms with van der Waals surface area (Å²) in [5, 5.41) is 12.2. The number of carboxylic acid groups (broad SMARTS) is 1. The van der Waals surface area contributed by atoms with Gasteiger partial charge in [0.25, 0.3) is 0 Å². The lowest BCUT2D eigenvalue weighted by molar-refractivity contribution is 0.0697. The number of carboxylic acids is 1. The quantitative estimate of drug-likeness (QED) is 0.717. The van der Waals surface area contributed by atoms with Gasteiger partial charge in [-0.15, -0.1) is 0 Å². The summed E-state index contributed by atoms with van der Waals surface area (Å²) in [5.41, 5.74) is 1.41. The molecule has 0 saturated carbocycles. The van der Waals surface area contributed by atoms with Gasteiger partial charge in [-0.1, -0.05) is 48.2 Å². The molecule has 0 heterocycles. The highest BCUT2D eigenvalue weighted by Gasteiger charge is 2.06. The summed E-state index contributed by atoms with van der Waals surface area (Å²) in [5.74, 6) is -0.894. The van der Waals surface area contributed by atoms with Crippen molar-refractivity contribution < 1.29 is 9.90 Å². The van der Waals surface area contributed by atoms with Crippen molar-refractivity contribution in [1.29, 1.82) is 0 Å². The van der Waals surface area contributed by atoms with Crippen LogP contribution in [0.2, 0.25) is 0 Å². The fourth-order valence-corrected chi connectivity index (χ4v) is 2.24. The predicted molar refractivity (Wildman–Crippen MR) is 77.0 cm³/mol. The molecule has 100 valence electrons. The normalized spacial score (nSPS) is 10.6. The molecule has 18 heavy (non-hydrogen) atoms. The molecule has 0 atom stereocenters. The largest absolute Gasteiger partial charge is 0.478 e. The molecule has 0 radical (unpaired) electrons. The van der Waals surface area contributed by atoms with Crippen molar-refractivity contribution in [2.24, 2.45) is 0 Å². The third kappa shape index (κ3) is 5.19. The summed E-state index contributed by atoms with van der Waals surface area (Å²) >= 11 is 3.41. The maximum Gasteiger partial charge on any atom is 0.335 e. The monoisotopic (exact) mass is 313 g/mol. The van der Waals surface area contributed by atoms with Gasteiger partial charge in [-0.2, -0.15) is 0 Å². The van der Waals surface area contributed by atoms with Crippen molar-refractivity contribution >= 4 is 21.9 Å². The molecule has 0 fully saturated rings. The van der Waals surface area contributed by atoms with Crippen molar-refractivity contribution in [1.82, 2.24) is 5.32 Å². The Kier molecular flexibility index (Phi) is 6.98. The van der Waals surface area contributed by atoms with Crippen LogP contribution >= 0.6 is 15.9 Å². The molecular weight excluding hydrogens is 294 g/mol. The highest BCUT2D eigenvalue weighted by Crippen LogP contribution is 2.18. The van der Waals surface area contributed by atoms with E-state index in [1.165, 1.54) is 25.7 Å². The Morgan fingerprint density at radius 3 is 2.72 bits per heavy atom. The smallest absolute Gasteiger partial charge is 0.335 e. The zero-order valence-electron chi connectivity index (χ0n) is 10.7. The maximum absolute atomic E-state index is 10.8. The summed E-state index contributed by atoms with van der Waals surface area (Å²) in [6, 6.07) is 5.14. The molecule has 0 aliphatic carbocycles. The molecule has 0 spiro atoms. The van der Waals surface area contributed by atoms with Gasteiger partial charge in [0.1, 0.15) is 0 Å². The van der Waals surface area contributed by atoms with Gasteiger partial charge in [0.15, 0.2) is 0 Å². The van der Waals surface area contributed by atoms with Gasteiger partial charge in [0.05, 0.1) is 5.56 Å². The van der Waals surface area contributed by atoms with E-state index in [2.05, 4.69) is 28.2 Å². The zero-order chi connectivity index (χ0) is 13.4. The standard InChI is InChI=1S/C14H20BrNO2/c1-2-3-4-5-8-16-10-12-7-6-11(14(17)18)9-13(12)15/h6-7,9,16H,2-5,8,10H2,1H3,(H,17,18). The van der Waals surface area contributed by atoms with Gasteiger partial charge in [-0.25, -0.2) is 4.79 Å². The van der Waals surface area contributed by atoms with E-state index in [1.54, 1.807) is 12.1 Å². The Bertz CT molecular complexity index is 393. The minimum absolute atomic E-state index is 0.313. The van der Waals surface area contributed by atoms with E-state index in [1.807, 2.05) is 6.07 Å². The molecule has 0 aromatic heterocycles. The lowest BCUT2D eigenvalue weighted by Crippen LogP contribution is -2.15. The molecule has 0 aliphatic rings. The van der Waals surface area contributed by atoms with Gasteiger partial charge in [-0.3, -0.25) is 0 Å². The molecule has 1 aromatic rings. The van der Waals surface area contributed by atoms with Crippen molar-refractivity contribution in [3.8, 4) is 0 Å². The van der Waals surface area contributed by atoms with E-state index in [4.69, 9.17) is 5.11 Å². The molecule has 2 N–H and O–H groups in total. The number of rotatable bonds is 8. The van der Waals surface area contributed by atoms with E-state index in [-0.39, 0.29) is 0 Å². The van der Waals surface area contributed by atoms with Gasteiger partial charge in [0.2, 0.25) is 0 Å². The van der Waals surface area contributed by atoms with Crippen LogP contribution in [-0.4, -0.2) is 17.6 Å². The lowest BCUT2D eigenvalue weighted by atomic mass is 10.1. The maximum atomic E-state index is 10.8. The molecule has 4 heteroatoms. The molecule has 0 saturated heterocycles. The first-order valence-electron chi connectivity index (χ1n) is 6.37. The fourth-order valence-electron chi connectivity index (χ4n) is 1.72. The first-order valence-corrected chi connectivity index (χ1v) is 7.17. The molecule has 0 aliphatic heterocycles. The third-order valence-corrected chi connectivity index (χ3v) is 3.56. The third-order valence-electron chi connectivity index (χ3n) is 2.82. The summed E-state index contributed by atoms with van der Waals surface area (Å²) in [7, 11) is 0. The Hall–Kier alpha value is -0.870. The number of halogens is 1. The zero-order valence-corrected chi connectivity index (χ0v) is 12.3. The number of unbranched alkanes of at least 4 members (excludes halogenated alkanes) is 3. The molecular formula is C14H20BrNO2. The molecule has 0 bridgehead atoms. The van der Waals surface area contributed by atoms with Crippen LogP contribution in [0.1, 0.15) is 48.5 Å².